The average molecular weight is 219 g/mol. The number of benzene rings is 1. The van der Waals surface area contributed by atoms with Crippen LogP contribution in [0.3, 0.4) is 0 Å². The Hall–Kier alpha value is -1.35. The van der Waals surface area contributed by atoms with Crippen LogP contribution in [0.25, 0.3) is 0 Å². The minimum atomic E-state index is -0.936. The zero-order chi connectivity index (χ0) is 11.5. The van der Waals surface area contributed by atoms with Crippen molar-refractivity contribution in [2.24, 2.45) is 0 Å². The fourth-order valence-corrected chi connectivity index (χ4v) is 2.07. The first-order valence-corrected chi connectivity index (χ1v) is 5.73. The number of aryl methyl sites for hydroxylation is 2. The van der Waals surface area contributed by atoms with E-state index in [0.717, 1.165) is 12.0 Å². The van der Waals surface area contributed by atoms with Gasteiger partial charge in [0.05, 0.1) is 0 Å². The molecule has 1 amide bonds. The third-order valence-electron chi connectivity index (χ3n) is 3.01. The number of fused-ring (bicyclic) bond motifs is 1. The molecule has 0 aliphatic heterocycles. The van der Waals surface area contributed by atoms with Crippen molar-refractivity contribution >= 4 is 5.91 Å². The van der Waals surface area contributed by atoms with Gasteiger partial charge >= 0.3 is 0 Å². The lowest BCUT2D eigenvalue weighted by molar-refractivity contribution is -0.128. The summed E-state index contributed by atoms with van der Waals surface area (Å²) in [5.74, 6) is -0.319. The van der Waals surface area contributed by atoms with Gasteiger partial charge in [-0.2, -0.15) is 0 Å². The Morgan fingerprint density at radius 1 is 1.44 bits per heavy atom. The van der Waals surface area contributed by atoms with E-state index in [1.807, 2.05) is 6.07 Å². The van der Waals surface area contributed by atoms with Crippen LogP contribution >= 0.6 is 0 Å². The summed E-state index contributed by atoms with van der Waals surface area (Å²) >= 11 is 0. The van der Waals surface area contributed by atoms with Crippen molar-refractivity contribution in [2.75, 3.05) is 0 Å². The predicted molar refractivity (Wildman–Crippen MR) is 62.0 cm³/mol. The second-order valence-corrected chi connectivity index (χ2v) is 4.35. The maximum Gasteiger partial charge on any atom is 0.248 e. The average Bonchev–Trinajstić information content (AvgIpc) is 2.72. The van der Waals surface area contributed by atoms with Crippen LogP contribution in [0.5, 0.6) is 0 Å². The van der Waals surface area contributed by atoms with Gasteiger partial charge in [0, 0.05) is 6.54 Å². The number of aliphatic hydroxyl groups excluding tert-OH is 1. The van der Waals surface area contributed by atoms with Crippen molar-refractivity contribution < 1.29 is 9.90 Å². The van der Waals surface area contributed by atoms with Gasteiger partial charge in [-0.1, -0.05) is 18.2 Å². The SMILES string of the molecule is CC(O)C(=O)NCc1ccc2c(c1)CCC2. The smallest absolute Gasteiger partial charge is 0.248 e. The number of hydrogen-bond donors (Lipinski definition) is 2. The molecule has 0 fully saturated rings. The molecule has 0 saturated carbocycles. The van der Waals surface area contributed by atoms with Gasteiger partial charge in [-0.25, -0.2) is 0 Å². The third kappa shape index (κ3) is 2.42. The molecule has 3 heteroatoms. The maximum atomic E-state index is 11.2. The maximum absolute atomic E-state index is 11.2. The summed E-state index contributed by atoms with van der Waals surface area (Å²) in [5, 5.41) is 11.7. The van der Waals surface area contributed by atoms with Crippen molar-refractivity contribution in [2.45, 2.75) is 38.8 Å². The van der Waals surface area contributed by atoms with Gasteiger partial charge in [0.15, 0.2) is 0 Å². The van der Waals surface area contributed by atoms with E-state index in [4.69, 9.17) is 5.11 Å². The van der Waals surface area contributed by atoms with E-state index < -0.39 is 6.10 Å². The number of carbonyl (C=O) groups excluding carboxylic acids is 1. The molecule has 1 aliphatic carbocycles. The molecule has 0 spiro atoms. The van der Waals surface area contributed by atoms with Crippen molar-refractivity contribution in [3.63, 3.8) is 0 Å². The highest BCUT2D eigenvalue weighted by atomic mass is 16.3. The number of rotatable bonds is 3. The molecular weight excluding hydrogens is 202 g/mol. The molecule has 2 rings (SSSR count). The number of carbonyl (C=O) groups is 1. The van der Waals surface area contributed by atoms with Crippen LogP contribution in [0.4, 0.5) is 0 Å². The fraction of sp³-hybridized carbons (Fsp3) is 0.462. The molecule has 0 heterocycles. The zero-order valence-electron chi connectivity index (χ0n) is 9.49. The minimum absolute atomic E-state index is 0.319. The van der Waals surface area contributed by atoms with E-state index in [9.17, 15) is 4.79 Å². The Morgan fingerprint density at radius 3 is 2.94 bits per heavy atom. The molecule has 1 aromatic carbocycles. The minimum Gasteiger partial charge on any atom is -0.384 e. The Morgan fingerprint density at radius 2 is 2.19 bits per heavy atom. The Balaban J connectivity index is 1.98. The van der Waals surface area contributed by atoms with Gasteiger partial charge < -0.3 is 10.4 Å². The highest BCUT2D eigenvalue weighted by Gasteiger charge is 2.12. The molecule has 0 radical (unpaired) electrons. The van der Waals surface area contributed by atoms with Crippen LogP contribution < -0.4 is 5.32 Å². The van der Waals surface area contributed by atoms with Crippen LogP contribution in [0.15, 0.2) is 18.2 Å². The van der Waals surface area contributed by atoms with E-state index in [2.05, 4.69) is 17.4 Å². The van der Waals surface area contributed by atoms with Crippen LogP contribution in [0.1, 0.15) is 30.0 Å². The van der Waals surface area contributed by atoms with Crippen LogP contribution in [-0.4, -0.2) is 17.1 Å². The molecule has 1 aromatic rings. The summed E-state index contributed by atoms with van der Waals surface area (Å²) in [6, 6.07) is 6.35. The molecule has 86 valence electrons. The van der Waals surface area contributed by atoms with Crippen molar-refractivity contribution in [1.82, 2.24) is 5.32 Å². The lowest BCUT2D eigenvalue weighted by atomic mass is 10.1. The first kappa shape index (κ1) is 11.1. The van der Waals surface area contributed by atoms with Crippen LogP contribution in [0.2, 0.25) is 0 Å². The van der Waals surface area contributed by atoms with E-state index >= 15 is 0 Å². The molecule has 0 saturated heterocycles. The quantitative estimate of drug-likeness (QED) is 0.801. The van der Waals surface area contributed by atoms with Crippen molar-refractivity contribution in [1.29, 1.82) is 0 Å². The van der Waals surface area contributed by atoms with Gasteiger partial charge in [-0.05, 0) is 42.9 Å². The van der Waals surface area contributed by atoms with Crippen molar-refractivity contribution in [3.05, 3.63) is 34.9 Å². The Bertz CT molecular complexity index is 399. The lowest BCUT2D eigenvalue weighted by Gasteiger charge is -2.08. The number of aliphatic hydroxyl groups is 1. The van der Waals surface area contributed by atoms with E-state index in [-0.39, 0.29) is 5.91 Å². The first-order valence-electron chi connectivity index (χ1n) is 5.73. The van der Waals surface area contributed by atoms with Gasteiger partial charge in [-0.15, -0.1) is 0 Å². The molecule has 3 nitrogen and oxygen atoms in total. The highest BCUT2D eigenvalue weighted by Crippen LogP contribution is 2.22. The molecule has 16 heavy (non-hydrogen) atoms. The van der Waals surface area contributed by atoms with Crippen LogP contribution in [-0.2, 0) is 24.2 Å². The van der Waals surface area contributed by atoms with Crippen molar-refractivity contribution in [3.8, 4) is 0 Å². The number of hydrogen-bond acceptors (Lipinski definition) is 2. The second-order valence-electron chi connectivity index (χ2n) is 4.35. The number of nitrogens with one attached hydrogen (secondary N) is 1. The molecule has 2 N–H and O–H groups in total. The molecule has 0 aromatic heterocycles. The monoisotopic (exact) mass is 219 g/mol. The Labute approximate surface area is 95.5 Å². The molecule has 1 atom stereocenters. The van der Waals surface area contributed by atoms with Crippen LogP contribution in [0, 0.1) is 0 Å². The summed E-state index contributed by atoms with van der Waals surface area (Å²) in [6.07, 6.45) is 2.62. The lowest BCUT2D eigenvalue weighted by Crippen LogP contribution is -2.31. The summed E-state index contributed by atoms with van der Waals surface area (Å²) in [7, 11) is 0. The largest absolute Gasteiger partial charge is 0.384 e. The highest BCUT2D eigenvalue weighted by molar-refractivity contribution is 5.79. The molecular formula is C13H17NO2. The predicted octanol–water partition coefficient (Wildman–Crippen LogP) is 1.17. The summed E-state index contributed by atoms with van der Waals surface area (Å²) in [4.78, 5) is 11.2. The summed E-state index contributed by atoms with van der Waals surface area (Å²) < 4.78 is 0. The fourth-order valence-electron chi connectivity index (χ4n) is 2.07. The zero-order valence-corrected chi connectivity index (χ0v) is 9.49. The standard InChI is InChI=1S/C13H17NO2/c1-9(15)13(16)14-8-10-5-6-11-3-2-4-12(11)7-10/h5-7,9,15H,2-4,8H2,1H3,(H,14,16). The first-order chi connectivity index (χ1) is 7.66. The number of amides is 1. The van der Waals surface area contributed by atoms with E-state index in [1.165, 1.54) is 30.9 Å². The molecule has 1 unspecified atom stereocenters. The second kappa shape index (κ2) is 4.66. The molecule has 1 aliphatic rings. The third-order valence-corrected chi connectivity index (χ3v) is 3.01. The van der Waals surface area contributed by atoms with Gasteiger partial charge in [0.25, 0.3) is 0 Å². The van der Waals surface area contributed by atoms with E-state index in [0.29, 0.717) is 6.54 Å². The normalized spacial score (nSPS) is 15.6. The van der Waals surface area contributed by atoms with Gasteiger partial charge in [0.1, 0.15) is 6.10 Å². The molecule has 0 bridgehead atoms. The summed E-state index contributed by atoms with van der Waals surface area (Å²) in [6.45, 7) is 1.97. The summed E-state index contributed by atoms with van der Waals surface area (Å²) in [5.41, 5.74) is 3.95. The Kier molecular flexibility index (Phi) is 3.25. The van der Waals surface area contributed by atoms with E-state index in [1.54, 1.807) is 0 Å². The van der Waals surface area contributed by atoms with Gasteiger partial charge in [0.2, 0.25) is 5.91 Å². The van der Waals surface area contributed by atoms with Gasteiger partial charge in [-0.3, -0.25) is 4.79 Å². The topological polar surface area (TPSA) is 49.3 Å².